The maximum absolute atomic E-state index is 12.7. The molecule has 1 saturated heterocycles. The van der Waals surface area contributed by atoms with Crippen LogP contribution in [0.2, 0.25) is 0 Å². The van der Waals surface area contributed by atoms with E-state index in [1.165, 1.54) is 5.56 Å². The minimum Gasteiger partial charge on any atom is -0.461 e. The molecule has 0 saturated carbocycles. The molecule has 1 aromatic carbocycles. The van der Waals surface area contributed by atoms with Gasteiger partial charge in [-0.3, -0.25) is 0 Å². The average molecular weight is 406 g/mol. The van der Waals surface area contributed by atoms with Crippen molar-refractivity contribution in [1.29, 1.82) is 0 Å². The molecule has 0 unspecified atom stereocenters. The standard InChI is InChI=1S/C23H35NO5/c1-6-10-20-18(15-17-11-8-7-9-12-17)16(2)28-21(25)19(13-14-27-20)24-22(26)29-23(3,4)5/h7-9,11-12,16,18-20H,6,10,13-15H2,1-5H3,(H,24,26)/t16-,18-,19-,20+/m0/s1. The number of alkyl carbamates (subject to hydrolysis) is 1. The highest BCUT2D eigenvalue weighted by Crippen LogP contribution is 2.26. The van der Waals surface area contributed by atoms with Gasteiger partial charge in [-0.05, 0) is 46.1 Å². The van der Waals surface area contributed by atoms with Gasteiger partial charge in [-0.25, -0.2) is 9.59 Å². The SMILES string of the molecule is CCC[C@H]1OCC[C@H](NC(=O)OC(C)(C)C)C(=O)O[C@@H](C)[C@@H]1Cc1ccccc1. The van der Waals surface area contributed by atoms with E-state index in [9.17, 15) is 9.59 Å². The van der Waals surface area contributed by atoms with Crippen molar-refractivity contribution < 1.29 is 23.8 Å². The van der Waals surface area contributed by atoms with Gasteiger partial charge in [0.25, 0.3) is 0 Å². The molecule has 1 amide bonds. The molecule has 2 rings (SSSR count). The average Bonchev–Trinajstić information content (AvgIpc) is 2.67. The highest BCUT2D eigenvalue weighted by molar-refractivity contribution is 5.81. The summed E-state index contributed by atoms with van der Waals surface area (Å²) in [6.45, 7) is 9.75. The number of nitrogens with one attached hydrogen (secondary N) is 1. The molecule has 1 aliphatic rings. The number of rotatable bonds is 5. The second-order valence-electron chi connectivity index (χ2n) is 8.68. The Balaban J connectivity index is 2.13. The molecule has 6 nitrogen and oxygen atoms in total. The second kappa shape index (κ2) is 10.6. The molecule has 0 radical (unpaired) electrons. The molecule has 0 aromatic heterocycles. The van der Waals surface area contributed by atoms with Crippen LogP contribution in [0.3, 0.4) is 0 Å². The van der Waals surface area contributed by atoms with E-state index in [0.29, 0.717) is 13.0 Å². The predicted octanol–water partition coefficient (Wildman–Crippen LogP) is 4.26. The quantitative estimate of drug-likeness (QED) is 0.741. The van der Waals surface area contributed by atoms with Gasteiger partial charge in [-0.2, -0.15) is 0 Å². The molecule has 4 atom stereocenters. The van der Waals surface area contributed by atoms with Crippen molar-refractivity contribution in [2.75, 3.05) is 6.61 Å². The molecule has 0 bridgehead atoms. The Morgan fingerprint density at radius 1 is 1.24 bits per heavy atom. The van der Waals surface area contributed by atoms with Crippen molar-refractivity contribution >= 4 is 12.1 Å². The first-order chi connectivity index (χ1) is 13.7. The summed E-state index contributed by atoms with van der Waals surface area (Å²) < 4.78 is 17.3. The van der Waals surface area contributed by atoms with Crippen molar-refractivity contribution in [2.24, 2.45) is 5.92 Å². The lowest BCUT2D eigenvalue weighted by molar-refractivity contribution is -0.154. The second-order valence-corrected chi connectivity index (χ2v) is 8.68. The van der Waals surface area contributed by atoms with E-state index in [1.807, 2.05) is 25.1 Å². The van der Waals surface area contributed by atoms with Gasteiger partial charge in [-0.1, -0.05) is 43.7 Å². The normalized spacial score (nSPS) is 25.9. The third kappa shape index (κ3) is 7.69. The number of carbonyl (C=O) groups excluding carboxylic acids is 2. The van der Waals surface area contributed by atoms with Gasteiger partial charge in [0.2, 0.25) is 0 Å². The molecular formula is C23H35NO5. The fraction of sp³-hybridized carbons (Fsp3) is 0.652. The number of esters is 1. The molecule has 1 aliphatic heterocycles. The molecule has 1 fully saturated rings. The number of amides is 1. The maximum Gasteiger partial charge on any atom is 0.408 e. The molecule has 0 aliphatic carbocycles. The molecule has 29 heavy (non-hydrogen) atoms. The summed E-state index contributed by atoms with van der Waals surface area (Å²) in [4.78, 5) is 24.9. The number of benzene rings is 1. The highest BCUT2D eigenvalue weighted by Gasteiger charge is 2.35. The van der Waals surface area contributed by atoms with Gasteiger partial charge in [0.15, 0.2) is 0 Å². The molecule has 1 N–H and O–H groups in total. The van der Waals surface area contributed by atoms with Crippen LogP contribution in [0.1, 0.15) is 59.4 Å². The monoisotopic (exact) mass is 405 g/mol. The Hall–Kier alpha value is -2.08. The van der Waals surface area contributed by atoms with Gasteiger partial charge in [-0.15, -0.1) is 0 Å². The fourth-order valence-corrected chi connectivity index (χ4v) is 3.58. The first kappa shape index (κ1) is 23.2. The lowest BCUT2D eigenvalue weighted by atomic mass is 9.87. The lowest BCUT2D eigenvalue weighted by Gasteiger charge is -2.31. The van der Waals surface area contributed by atoms with E-state index in [2.05, 4.69) is 24.4 Å². The molecule has 0 spiro atoms. The van der Waals surface area contributed by atoms with Gasteiger partial charge in [0, 0.05) is 18.9 Å². The van der Waals surface area contributed by atoms with Crippen molar-refractivity contribution in [3.05, 3.63) is 35.9 Å². The summed E-state index contributed by atoms with van der Waals surface area (Å²) in [5.74, 6) is -0.399. The summed E-state index contributed by atoms with van der Waals surface area (Å²) in [6, 6.07) is 9.39. The minimum atomic E-state index is -0.787. The Kier molecular flexibility index (Phi) is 8.50. The highest BCUT2D eigenvalue weighted by atomic mass is 16.6. The van der Waals surface area contributed by atoms with Crippen LogP contribution >= 0.6 is 0 Å². The van der Waals surface area contributed by atoms with Crippen LogP contribution in [0.4, 0.5) is 4.79 Å². The molecule has 162 valence electrons. The van der Waals surface area contributed by atoms with Crippen LogP contribution in [0.5, 0.6) is 0 Å². The van der Waals surface area contributed by atoms with Crippen molar-refractivity contribution in [3.8, 4) is 0 Å². The molecule has 1 aromatic rings. The number of hydrogen-bond donors (Lipinski definition) is 1. The van der Waals surface area contributed by atoms with E-state index in [-0.39, 0.29) is 18.1 Å². The zero-order chi connectivity index (χ0) is 21.4. The van der Waals surface area contributed by atoms with Gasteiger partial charge in [0.05, 0.1) is 6.10 Å². The first-order valence-electron chi connectivity index (χ1n) is 10.5. The van der Waals surface area contributed by atoms with Crippen LogP contribution in [0, 0.1) is 5.92 Å². The molecule has 1 heterocycles. The van der Waals surface area contributed by atoms with Gasteiger partial charge >= 0.3 is 12.1 Å². The van der Waals surface area contributed by atoms with Crippen LogP contribution in [-0.4, -0.2) is 42.5 Å². The summed E-state index contributed by atoms with van der Waals surface area (Å²) in [5.41, 5.74) is 0.552. The minimum absolute atomic E-state index is 0.0108. The number of carbonyl (C=O) groups is 2. The summed E-state index contributed by atoms with van der Waals surface area (Å²) >= 11 is 0. The third-order valence-electron chi connectivity index (χ3n) is 4.98. The van der Waals surface area contributed by atoms with Crippen molar-refractivity contribution in [1.82, 2.24) is 5.32 Å². The van der Waals surface area contributed by atoms with Crippen molar-refractivity contribution in [3.63, 3.8) is 0 Å². The Morgan fingerprint density at radius 3 is 2.55 bits per heavy atom. The van der Waals surface area contributed by atoms with E-state index >= 15 is 0 Å². The van der Waals surface area contributed by atoms with E-state index in [4.69, 9.17) is 14.2 Å². The number of cyclic esters (lactones) is 1. The zero-order valence-electron chi connectivity index (χ0n) is 18.3. The van der Waals surface area contributed by atoms with Crippen LogP contribution in [0.15, 0.2) is 30.3 Å². The summed E-state index contributed by atoms with van der Waals surface area (Å²) in [6.07, 6.45) is 2.02. The Labute approximate surface area is 174 Å². The van der Waals surface area contributed by atoms with Crippen LogP contribution in [-0.2, 0) is 25.4 Å². The first-order valence-corrected chi connectivity index (χ1v) is 10.5. The molecular weight excluding hydrogens is 370 g/mol. The summed E-state index contributed by atoms with van der Waals surface area (Å²) in [5, 5.41) is 2.64. The van der Waals surface area contributed by atoms with E-state index < -0.39 is 23.7 Å². The number of hydrogen-bond acceptors (Lipinski definition) is 5. The topological polar surface area (TPSA) is 73.9 Å². The Bertz CT molecular complexity index is 655. The largest absolute Gasteiger partial charge is 0.461 e. The third-order valence-corrected chi connectivity index (χ3v) is 4.98. The maximum atomic E-state index is 12.7. The van der Waals surface area contributed by atoms with Crippen LogP contribution < -0.4 is 5.32 Å². The van der Waals surface area contributed by atoms with E-state index in [1.54, 1.807) is 20.8 Å². The Morgan fingerprint density at radius 2 is 1.93 bits per heavy atom. The van der Waals surface area contributed by atoms with Gasteiger partial charge < -0.3 is 19.5 Å². The summed E-state index contributed by atoms with van der Waals surface area (Å²) in [7, 11) is 0. The number of ether oxygens (including phenoxy) is 3. The van der Waals surface area contributed by atoms with Gasteiger partial charge in [0.1, 0.15) is 17.7 Å². The smallest absolute Gasteiger partial charge is 0.408 e. The van der Waals surface area contributed by atoms with Crippen LogP contribution in [0.25, 0.3) is 0 Å². The lowest BCUT2D eigenvalue weighted by Crippen LogP contribution is -2.45. The van der Waals surface area contributed by atoms with Crippen molar-refractivity contribution in [2.45, 2.75) is 84.2 Å². The predicted molar refractivity (Wildman–Crippen MR) is 112 cm³/mol. The zero-order valence-corrected chi connectivity index (χ0v) is 18.3. The fourth-order valence-electron chi connectivity index (χ4n) is 3.58. The van der Waals surface area contributed by atoms with E-state index in [0.717, 1.165) is 19.3 Å². The molecule has 6 heteroatoms.